The third-order valence-electron chi connectivity index (χ3n) is 4.25. The van der Waals surface area contributed by atoms with E-state index in [1.165, 1.54) is 15.6 Å². The fourth-order valence-corrected chi connectivity index (χ4v) is 6.32. The average Bonchev–Trinajstić information content (AvgIpc) is 3.31. The van der Waals surface area contributed by atoms with E-state index >= 15 is 0 Å². The van der Waals surface area contributed by atoms with Crippen LogP contribution < -0.4 is 5.32 Å². The largest absolute Gasteiger partial charge is 0.355 e. The molecule has 0 aromatic carbocycles. The predicted molar refractivity (Wildman–Crippen MR) is 103 cm³/mol. The van der Waals surface area contributed by atoms with Gasteiger partial charge in [-0.25, -0.2) is 13.4 Å². The quantitative estimate of drug-likeness (QED) is 0.552. The van der Waals surface area contributed by atoms with Crippen LogP contribution in [0.4, 0.5) is 0 Å². The van der Waals surface area contributed by atoms with E-state index in [2.05, 4.69) is 10.3 Å². The van der Waals surface area contributed by atoms with Crippen LogP contribution in [0.15, 0.2) is 39.3 Å². The summed E-state index contributed by atoms with van der Waals surface area (Å²) in [5.74, 6) is 0.355. The minimum absolute atomic E-state index is 0.0727. The van der Waals surface area contributed by atoms with Crippen molar-refractivity contribution in [2.24, 2.45) is 13.0 Å². The van der Waals surface area contributed by atoms with Crippen molar-refractivity contribution in [3.05, 3.63) is 29.9 Å². The molecule has 3 rings (SSSR count). The average molecular weight is 415 g/mol. The second-order valence-corrected chi connectivity index (χ2v) is 10.3. The molecule has 1 saturated heterocycles. The third-order valence-corrected chi connectivity index (χ3v) is 8.55. The van der Waals surface area contributed by atoms with Crippen molar-refractivity contribution in [1.82, 2.24) is 19.2 Å². The summed E-state index contributed by atoms with van der Waals surface area (Å²) in [5.41, 5.74) is 0. The maximum atomic E-state index is 12.6. The number of nitrogens with one attached hydrogen (secondary N) is 1. The van der Waals surface area contributed by atoms with E-state index in [1.54, 1.807) is 35.5 Å². The summed E-state index contributed by atoms with van der Waals surface area (Å²) in [6, 6.07) is 3.34. The molecule has 1 amide bonds. The standard InChI is InChI=1S/C16H22N4O3S3/c1-19-9-6-18-16(19)25-11-7-17-15(21)13-4-2-8-20(12-13)26(22,23)14-5-3-10-24-14/h3,5-6,9-10,13H,2,4,7-8,11-12H2,1H3,(H,17,21)/t13-/m1/s1. The van der Waals surface area contributed by atoms with E-state index in [0.717, 1.165) is 17.3 Å². The monoisotopic (exact) mass is 414 g/mol. The number of carbonyl (C=O) groups is 1. The number of imidazole rings is 1. The summed E-state index contributed by atoms with van der Waals surface area (Å²) in [6.45, 7) is 1.25. The van der Waals surface area contributed by atoms with Crippen molar-refractivity contribution in [1.29, 1.82) is 0 Å². The highest BCUT2D eigenvalue weighted by molar-refractivity contribution is 7.99. The number of amides is 1. The second kappa shape index (κ2) is 8.55. The van der Waals surface area contributed by atoms with Gasteiger partial charge in [0, 0.05) is 44.8 Å². The molecule has 0 radical (unpaired) electrons. The van der Waals surface area contributed by atoms with Crippen molar-refractivity contribution in [2.45, 2.75) is 22.2 Å². The molecule has 7 nitrogen and oxygen atoms in total. The van der Waals surface area contributed by atoms with Crippen molar-refractivity contribution < 1.29 is 13.2 Å². The number of aromatic nitrogens is 2. The molecule has 10 heteroatoms. The Bertz CT molecular complexity index is 833. The van der Waals surface area contributed by atoms with E-state index < -0.39 is 10.0 Å². The molecule has 1 N–H and O–H groups in total. The first-order valence-corrected chi connectivity index (χ1v) is 11.7. The highest BCUT2D eigenvalue weighted by atomic mass is 32.2. The number of aryl methyl sites for hydroxylation is 1. The lowest BCUT2D eigenvalue weighted by atomic mass is 9.99. The Kier molecular flexibility index (Phi) is 6.38. The van der Waals surface area contributed by atoms with E-state index in [4.69, 9.17) is 0 Å². The number of thiophene rings is 1. The highest BCUT2D eigenvalue weighted by Gasteiger charge is 2.33. The summed E-state index contributed by atoms with van der Waals surface area (Å²) in [5, 5.41) is 5.58. The molecule has 3 heterocycles. The van der Waals surface area contributed by atoms with E-state index in [1.807, 2.05) is 17.8 Å². The number of carbonyl (C=O) groups excluding carboxylic acids is 1. The Morgan fingerprint density at radius 3 is 3.04 bits per heavy atom. The number of nitrogens with zero attached hydrogens (tertiary/aromatic N) is 3. The maximum Gasteiger partial charge on any atom is 0.252 e. The molecule has 0 unspecified atom stereocenters. The van der Waals surface area contributed by atoms with Crippen LogP contribution in [-0.4, -0.2) is 53.6 Å². The first-order valence-electron chi connectivity index (χ1n) is 8.40. The molecule has 2 aromatic heterocycles. The zero-order chi connectivity index (χ0) is 18.6. The van der Waals surface area contributed by atoms with Crippen LogP contribution in [0.25, 0.3) is 0 Å². The molecule has 0 aliphatic carbocycles. The van der Waals surface area contributed by atoms with Gasteiger partial charge in [0.05, 0.1) is 5.92 Å². The second-order valence-electron chi connectivity index (χ2n) is 6.09. The normalized spacial score (nSPS) is 18.7. The van der Waals surface area contributed by atoms with Gasteiger partial charge in [0.25, 0.3) is 10.0 Å². The molecule has 1 atom stereocenters. The van der Waals surface area contributed by atoms with Crippen LogP contribution in [0, 0.1) is 5.92 Å². The third kappa shape index (κ3) is 4.48. The Hall–Kier alpha value is -1.36. The minimum atomic E-state index is -3.49. The summed E-state index contributed by atoms with van der Waals surface area (Å²) in [4.78, 5) is 16.6. The summed E-state index contributed by atoms with van der Waals surface area (Å²) in [6.07, 6.45) is 5.04. The number of thioether (sulfide) groups is 1. The zero-order valence-corrected chi connectivity index (χ0v) is 16.9. The van der Waals surface area contributed by atoms with Crippen LogP contribution >= 0.6 is 23.1 Å². The van der Waals surface area contributed by atoms with Crippen LogP contribution in [0.1, 0.15) is 12.8 Å². The van der Waals surface area contributed by atoms with Gasteiger partial charge < -0.3 is 9.88 Å². The van der Waals surface area contributed by atoms with Gasteiger partial charge in [-0.1, -0.05) is 17.8 Å². The van der Waals surface area contributed by atoms with Crippen LogP contribution in [-0.2, 0) is 21.9 Å². The van der Waals surface area contributed by atoms with E-state index in [0.29, 0.717) is 23.7 Å². The fourth-order valence-electron chi connectivity index (χ4n) is 2.86. The molecule has 26 heavy (non-hydrogen) atoms. The zero-order valence-electron chi connectivity index (χ0n) is 14.5. The molecule has 1 aliphatic rings. The topological polar surface area (TPSA) is 84.3 Å². The van der Waals surface area contributed by atoms with Crippen molar-refractivity contribution in [2.75, 3.05) is 25.4 Å². The Morgan fingerprint density at radius 1 is 1.50 bits per heavy atom. The summed E-state index contributed by atoms with van der Waals surface area (Å²) >= 11 is 2.79. The van der Waals surface area contributed by atoms with Gasteiger partial charge in [-0.15, -0.1) is 11.3 Å². The maximum absolute atomic E-state index is 12.6. The van der Waals surface area contributed by atoms with Crippen LogP contribution in [0.2, 0.25) is 0 Å². The molecular formula is C16H22N4O3S3. The molecule has 0 bridgehead atoms. The first-order chi connectivity index (χ1) is 12.5. The Morgan fingerprint density at radius 2 is 2.35 bits per heavy atom. The molecule has 0 spiro atoms. The molecule has 0 saturated carbocycles. The van der Waals surface area contributed by atoms with Gasteiger partial charge in [-0.05, 0) is 24.3 Å². The van der Waals surface area contributed by atoms with E-state index in [9.17, 15) is 13.2 Å². The lowest BCUT2D eigenvalue weighted by molar-refractivity contribution is -0.125. The molecular weight excluding hydrogens is 392 g/mol. The lowest BCUT2D eigenvalue weighted by Gasteiger charge is -2.30. The fraction of sp³-hybridized carbons (Fsp3) is 0.500. The number of hydrogen-bond donors (Lipinski definition) is 1. The lowest BCUT2D eigenvalue weighted by Crippen LogP contribution is -2.45. The number of sulfonamides is 1. The van der Waals surface area contributed by atoms with Crippen molar-refractivity contribution in [3.63, 3.8) is 0 Å². The molecule has 2 aromatic rings. The van der Waals surface area contributed by atoms with Crippen molar-refractivity contribution >= 4 is 39.0 Å². The number of rotatable bonds is 7. The van der Waals surface area contributed by atoms with Gasteiger partial charge in [-0.2, -0.15) is 4.31 Å². The van der Waals surface area contributed by atoms with Gasteiger partial charge in [0.2, 0.25) is 5.91 Å². The number of piperidine rings is 1. The van der Waals surface area contributed by atoms with Gasteiger partial charge in [-0.3, -0.25) is 4.79 Å². The smallest absolute Gasteiger partial charge is 0.252 e. The summed E-state index contributed by atoms with van der Waals surface area (Å²) < 4.78 is 29.0. The number of hydrogen-bond acceptors (Lipinski definition) is 6. The molecule has 1 fully saturated rings. The Balaban J connectivity index is 1.49. The molecule has 1 aliphatic heterocycles. The summed E-state index contributed by atoms with van der Waals surface area (Å²) in [7, 11) is -1.56. The molecule has 142 valence electrons. The van der Waals surface area contributed by atoms with Crippen LogP contribution in [0.3, 0.4) is 0 Å². The first kappa shape index (κ1) is 19.4. The van der Waals surface area contributed by atoms with Gasteiger partial charge >= 0.3 is 0 Å². The van der Waals surface area contributed by atoms with Crippen molar-refractivity contribution in [3.8, 4) is 0 Å². The van der Waals surface area contributed by atoms with Gasteiger partial charge in [0.15, 0.2) is 5.16 Å². The van der Waals surface area contributed by atoms with Gasteiger partial charge in [0.1, 0.15) is 4.21 Å². The predicted octanol–water partition coefficient (Wildman–Crippen LogP) is 1.79. The SMILES string of the molecule is Cn1ccnc1SCCNC(=O)[C@@H]1CCCN(S(=O)(=O)c2cccs2)C1. The minimum Gasteiger partial charge on any atom is -0.355 e. The van der Waals surface area contributed by atoms with Crippen LogP contribution in [0.5, 0.6) is 0 Å². The Labute approximate surface area is 161 Å². The highest BCUT2D eigenvalue weighted by Crippen LogP contribution is 2.26. The van der Waals surface area contributed by atoms with E-state index in [-0.39, 0.29) is 18.4 Å².